The van der Waals surface area contributed by atoms with Crippen molar-refractivity contribution in [3.8, 4) is 0 Å². The highest BCUT2D eigenvalue weighted by Crippen LogP contribution is 2.40. The number of carbonyl (C=O) groups is 2. The van der Waals surface area contributed by atoms with Gasteiger partial charge in [0, 0.05) is 24.3 Å². The lowest BCUT2D eigenvalue weighted by atomic mass is 9.68. The molecule has 1 aromatic carbocycles. The molecule has 1 fully saturated rings. The number of rotatable bonds is 10. The molecule has 3 aliphatic rings. The van der Waals surface area contributed by atoms with Crippen molar-refractivity contribution in [2.45, 2.75) is 70.3 Å². The molecule has 6 nitrogen and oxygen atoms in total. The van der Waals surface area contributed by atoms with E-state index in [-0.39, 0.29) is 17.3 Å². The van der Waals surface area contributed by atoms with Gasteiger partial charge >= 0.3 is 5.97 Å². The molecule has 1 aliphatic heterocycles. The highest BCUT2D eigenvalue weighted by Gasteiger charge is 2.34. The maximum absolute atomic E-state index is 11.9. The predicted octanol–water partition coefficient (Wildman–Crippen LogP) is 2.74. The van der Waals surface area contributed by atoms with Crippen LogP contribution in [0, 0.1) is 0 Å². The molecule has 1 heterocycles. The Morgan fingerprint density at radius 2 is 2.03 bits per heavy atom. The Labute approximate surface area is 215 Å². The number of carbonyl (C=O) groups excluding carboxylic acids is 2. The molecule has 1 unspecified atom stereocenters. The molecule has 0 spiro atoms. The Balaban J connectivity index is 1.28. The van der Waals surface area contributed by atoms with Crippen molar-refractivity contribution in [3.63, 3.8) is 0 Å². The van der Waals surface area contributed by atoms with Gasteiger partial charge in [-0.2, -0.15) is 5.06 Å². The molecule has 194 valence electrons. The van der Waals surface area contributed by atoms with Gasteiger partial charge in [-0.25, -0.2) is 4.79 Å². The summed E-state index contributed by atoms with van der Waals surface area (Å²) in [6.07, 6.45) is 12.5. The van der Waals surface area contributed by atoms with E-state index >= 15 is 0 Å². The Morgan fingerprint density at radius 3 is 2.75 bits per heavy atom. The summed E-state index contributed by atoms with van der Waals surface area (Å²) in [7, 11) is 4.30. The third-order valence-corrected chi connectivity index (χ3v) is 7.72. The zero-order valence-electron chi connectivity index (χ0n) is 22.4. The van der Waals surface area contributed by atoms with Crippen LogP contribution in [0.5, 0.6) is 0 Å². The second-order valence-electron chi connectivity index (χ2n) is 11.0. The lowest BCUT2D eigenvalue weighted by Crippen LogP contribution is -2.38. The minimum absolute atomic E-state index is 0.0413. The first-order chi connectivity index (χ1) is 17.2. The molecule has 1 atom stereocenters. The van der Waals surface area contributed by atoms with Crippen molar-refractivity contribution in [3.05, 3.63) is 57.0 Å². The van der Waals surface area contributed by atoms with E-state index in [1.807, 2.05) is 0 Å². The number of fused-ring (bicyclic) bond motifs is 2. The van der Waals surface area contributed by atoms with E-state index in [4.69, 9.17) is 4.84 Å². The van der Waals surface area contributed by atoms with Gasteiger partial charge in [-0.15, -0.1) is 0 Å². The number of hydrogen-bond donors (Lipinski definition) is 1. The lowest BCUT2D eigenvalue weighted by molar-refractivity contribution is -0.192. The van der Waals surface area contributed by atoms with Gasteiger partial charge in [0.25, 0.3) is 5.91 Å². The summed E-state index contributed by atoms with van der Waals surface area (Å²) >= 11 is 0. The first-order valence-corrected chi connectivity index (χ1v) is 13.3. The van der Waals surface area contributed by atoms with Crippen LogP contribution in [0.2, 0.25) is 0 Å². The maximum atomic E-state index is 11.9. The zero-order chi connectivity index (χ0) is 25.9. The van der Waals surface area contributed by atoms with Gasteiger partial charge in [0.1, 0.15) is 0 Å². The van der Waals surface area contributed by atoms with E-state index in [1.165, 1.54) is 32.6 Å². The minimum Gasteiger partial charge on any atom is -0.338 e. The van der Waals surface area contributed by atoms with Crippen LogP contribution in [-0.4, -0.2) is 61.6 Å². The number of nitrogens with zero attached hydrogens (tertiary/aromatic N) is 2. The second-order valence-corrected chi connectivity index (χ2v) is 11.0. The van der Waals surface area contributed by atoms with Gasteiger partial charge < -0.3 is 15.1 Å². The molecule has 0 radical (unpaired) electrons. The van der Waals surface area contributed by atoms with Crippen molar-refractivity contribution in [1.29, 1.82) is 0 Å². The summed E-state index contributed by atoms with van der Waals surface area (Å²) in [4.78, 5) is 30.8. The van der Waals surface area contributed by atoms with E-state index < -0.39 is 0 Å². The molecule has 0 aromatic heterocycles. The average Bonchev–Trinajstić information content (AvgIpc) is 3.23. The van der Waals surface area contributed by atoms with Crippen LogP contribution < -0.4 is 15.8 Å². The fourth-order valence-electron chi connectivity index (χ4n) is 5.47. The lowest BCUT2D eigenvalue weighted by Gasteiger charge is -2.38. The fourth-order valence-corrected chi connectivity index (χ4v) is 5.47. The number of hydrogen-bond acceptors (Lipinski definition) is 5. The summed E-state index contributed by atoms with van der Waals surface area (Å²) in [6, 6.07) is 5.08. The molecule has 1 saturated heterocycles. The van der Waals surface area contributed by atoms with Crippen LogP contribution in [0.3, 0.4) is 0 Å². The second kappa shape index (κ2) is 11.1. The van der Waals surface area contributed by atoms with E-state index in [0.29, 0.717) is 31.8 Å². The third kappa shape index (κ3) is 5.81. The van der Waals surface area contributed by atoms with E-state index in [1.54, 1.807) is 0 Å². The molecule has 0 saturated carbocycles. The maximum Gasteiger partial charge on any atom is 0.332 e. The van der Waals surface area contributed by atoms with Crippen molar-refractivity contribution < 1.29 is 14.4 Å². The van der Waals surface area contributed by atoms with E-state index in [9.17, 15) is 9.59 Å². The SMILES string of the molecule is C=c1cc2c(cc1CCCNCCCC(=O)ON1CCCC1=O)=CC1=CCC(N(C)C)C=C1C2(C)C. The monoisotopic (exact) mass is 491 g/mol. The third-order valence-electron chi connectivity index (χ3n) is 7.72. The van der Waals surface area contributed by atoms with Gasteiger partial charge in [0.2, 0.25) is 0 Å². The highest BCUT2D eigenvalue weighted by molar-refractivity contribution is 5.79. The number of allylic oxidation sites excluding steroid dienone is 2. The zero-order valence-corrected chi connectivity index (χ0v) is 22.4. The Bertz CT molecular complexity index is 1180. The Morgan fingerprint density at radius 1 is 1.25 bits per heavy atom. The molecular weight excluding hydrogens is 450 g/mol. The van der Waals surface area contributed by atoms with E-state index in [0.717, 1.165) is 44.0 Å². The molecule has 2 aliphatic carbocycles. The number of amides is 1. The molecule has 6 heteroatoms. The van der Waals surface area contributed by atoms with Crippen molar-refractivity contribution in [2.75, 3.05) is 33.7 Å². The van der Waals surface area contributed by atoms with Gasteiger partial charge in [-0.1, -0.05) is 44.7 Å². The quantitative estimate of drug-likeness (QED) is 0.510. The molecule has 4 rings (SSSR count). The normalized spacial score (nSPS) is 20.4. The van der Waals surface area contributed by atoms with Crippen LogP contribution >= 0.6 is 0 Å². The molecule has 1 aromatic rings. The number of likely N-dealkylation sites (N-methyl/N-ethyl adjacent to an activating group) is 1. The minimum atomic E-state index is -0.328. The Kier molecular flexibility index (Phi) is 8.16. The van der Waals surface area contributed by atoms with E-state index in [2.05, 4.69) is 75.1 Å². The summed E-state index contributed by atoms with van der Waals surface area (Å²) in [5, 5.41) is 7.05. The van der Waals surface area contributed by atoms with Crippen LogP contribution in [0.25, 0.3) is 12.7 Å². The first kappa shape index (κ1) is 26.4. The van der Waals surface area contributed by atoms with Crippen molar-refractivity contribution in [1.82, 2.24) is 15.3 Å². The predicted molar refractivity (Wildman–Crippen MR) is 144 cm³/mol. The van der Waals surface area contributed by atoms with Gasteiger partial charge in [0.15, 0.2) is 0 Å². The molecule has 36 heavy (non-hydrogen) atoms. The Hall–Kier alpha value is -2.70. The molecular formula is C30H41N3O3. The highest BCUT2D eigenvalue weighted by atomic mass is 16.7. The fraction of sp³-hybridized carbons (Fsp3) is 0.533. The summed E-state index contributed by atoms with van der Waals surface area (Å²) in [5.41, 5.74) is 5.41. The first-order valence-electron chi connectivity index (χ1n) is 13.3. The van der Waals surface area contributed by atoms with Crippen molar-refractivity contribution in [2.24, 2.45) is 0 Å². The van der Waals surface area contributed by atoms with Crippen LogP contribution in [0.1, 0.15) is 63.5 Å². The van der Waals surface area contributed by atoms with Gasteiger partial charge in [-0.3, -0.25) is 4.79 Å². The number of nitrogens with one attached hydrogen (secondary N) is 1. The van der Waals surface area contributed by atoms with Crippen molar-refractivity contribution >= 4 is 24.5 Å². The number of aryl methyl sites for hydroxylation is 1. The summed E-state index contributed by atoms with van der Waals surface area (Å²) in [6.45, 7) is 11.2. The van der Waals surface area contributed by atoms with Gasteiger partial charge in [-0.05, 0) is 98.1 Å². The number of benzene rings is 1. The van der Waals surface area contributed by atoms with Gasteiger partial charge in [0.05, 0.1) is 6.54 Å². The largest absolute Gasteiger partial charge is 0.338 e. The van der Waals surface area contributed by atoms with Crippen LogP contribution in [0.4, 0.5) is 0 Å². The number of hydroxylamine groups is 2. The van der Waals surface area contributed by atoms with Crippen LogP contribution in [0.15, 0.2) is 35.4 Å². The summed E-state index contributed by atoms with van der Waals surface area (Å²) in [5.74, 6) is -0.426. The molecule has 0 bridgehead atoms. The smallest absolute Gasteiger partial charge is 0.332 e. The topological polar surface area (TPSA) is 61.9 Å². The van der Waals surface area contributed by atoms with Crippen LogP contribution in [-0.2, 0) is 26.3 Å². The molecule has 1 N–H and O–H groups in total. The average molecular weight is 492 g/mol. The standard InChI is InChI=1S/C30H41N3O3/c1-21-17-26-24(19-23-12-13-25(32(4)5)20-27(23)30(26,2)3)18-22(21)9-6-14-31-15-7-11-29(35)36-33-16-8-10-28(33)34/h12,17-20,25,31H,1,6-11,13-16H2,2-5H3. The summed E-state index contributed by atoms with van der Waals surface area (Å²) < 4.78 is 0. The molecule has 1 amide bonds.